The van der Waals surface area contributed by atoms with Gasteiger partial charge in [-0.15, -0.1) is 4.59 Å². The summed E-state index contributed by atoms with van der Waals surface area (Å²) in [5.41, 5.74) is 2.95. The second kappa shape index (κ2) is 17.7. The van der Waals surface area contributed by atoms with Crippen LogP contribution in [0.5, 0.6) is 0 Å². The number of carbonyl (C=O) groups is 3. The van der Waals surface area contributed by atoms with E-state index in [0.29, 0.717) is 28.6 Å². The predicted octanol–water partition coefficient (Wildman–Crippen LogP) is 9.14. The van der Waals surface area contributed by atoms with Crippen molar-refractivity contribution in [2.24, 2.45) is 11.0 Å². The van der Waals surface area contributed by atoms with Gasteiger partial charge in [-0.2, -0.15) is 31.4 Å². The van der Waals surface area contributed by atoms with Crippen molar-refractivity contribution in [2.75, 3.05) is 18.9 Å². The molecule has 0 bridgehead atoms. The molecule has 2 atom stereocenters. The molecule has 1 fully saturated rings. The quantitative estimate of drug-likeness (QED) is 0.0873. The lowest BCUT2D eigenvalue weighted by Crippen LogP contribution is -2.30. The number of aryl methyl sites for hydroxylation is 1. The molecule has 1 saturated carbocycles. The van der Waals surface area contributed by atoms with Crippen LogP contribution in [0.2, 0.25) is 0 Å². The second-order valence-corrected chi connectivity index (χ2v) is 14.3. The monoisotopic (exact) mass is 813 g/mol. The Morgan fingerprint density at radius 2 is 1.41 bits per heavy atom. The fourth-order valence-electron chi connectivity index (χ4n) is 6.95. The van der Waals surface area contributed by atoms with E-state index in [1.54, 1.807) is 30.8 Å². The number of aliphatic carboxylic acids is 2. The molecule has 2 heterocycles. The lowest BCUT2D eigenvalue weighted by Gasteiger charge is -2.31. The van der Waals surface area contributed by atoms with Crippen molar-refractivity contribution in [1.29, 1.82) is 0 Å². The zero-order chi connectivity index (χ0) is 42.4. The number of carboxylic acid groups (broad SMARTS) is 2. The van der Waals surface area contributed by atoms with Crippen LogP contribution in [0.15, 0.2) is 95.9 Å². The second-order valence-electron chi connectivity index (χ2n) is 14.3. The highest BCUT2D eigenvalue weighted by molar-refractivity contribution is 6.19. The number of anilines is 1. The van der Waals surface area contributed by atoms with Gasteiger partial charge < -0.3 is 20.8 Å². The molecule has 0 spiro atoms. The number of hydrogen-bond donors (Lipinski definition) is 4. The first-order valence-electron chi connectivity index (χ1n) is 18.4. The summed E-state index contributed by atoms with van der Waals surface area (Å²) in [6, 6.07) is 16.4. The predicted molar refractivity (Wildman–Crippen MR) is 205 cm³/mol. The summed E-state index contributed by atoms with van der Waals surface area (Å²) in [5, 5.41) is 32.7. The summed E-state index contributed by atoms with van der Waals surface area (Å²) in [6.07, 6.45) is -0.118. The molecule has 3 aromatic carbocycles. The van der Waals surface area contributed by atoms with Crippen LogP contribution in [0, 0.1) is 12.8 Å². The molecular weight excluding hydrogens is 770 g/mol. The van der Waals surface area contributed by atoms with E-state index in [9.17, 15) is 40.7 Å². The lowest BCUT2D eigenvalue weighted by atomic mass is 9.81. The summed E-state index contributed by atoms with van der Waals surface area (Å²) in [4.78, 5) is 34.0. The van der Waals surface area contributed by atoms with Crippen LogP contribution in [0.25, 0.3) is 5.69 Å². The van der Waals surface area contributed by atoms with E-state index in [1.165, 1.54) is 36.9 Å². The third-order valence-electron chi connectivity index (χ3n) is 10.0. The van der Waals surface area contributed by atoms with Crippen LogP contribution >= 0.6 is 0 Å². The maximum absolute atomic E-state index is 13.0. The number of carbonyl (C=O) groups excluding carboxylic acids is 1. The SMILES string of the molecule is CC1=N[N+](C)(c2ccc(C(F)(F)F)cc2)C=C1C(=O)O.Cc1nn(-c2ccc(C(F)(F)F)cc2)cc1C(Nc1ccc(C(=O)NCCC(=O)O)cc1)C1CCCCC1. The Kier molecular flexibility index (Phi) is 13.1. The number of rotatable bonds is 11. The van der Waals surface area contributed by atoms with Crippen LogP contribution in [-0.4, -0.2) is 57.1 Å². The fourth-order valence-corrected chi connectivity index (χ4v) is 6.95. The number of nitrogens with zero attached hydrogens (tertiary/aromatic N) is 4. The number of quaternary nitrogens is 1. The Morgan fingerprint density at radius 3 is 1.93 bits per heavy atom. The smallest absolute Gasteiger partial charge is 0.416 e. The van der Waals surface area contributed by atoms with Crippen LogP contribution in [0.1, 0.15) is 84.2 Å². The Hall–Kier alpha value is -5.97. The normalized spacial score (nSPS) is 17.7. The van der Waals surface area contributed by atoms with Crippen molar-refractivity contribution in [2.45, 2.75) is 70.8 Å². The van der Waals surface area contributed by atoms with Crippen molar-refractivity contribution in [3.63, 3.8) is 0 Å². The van der Waals surface area contributed by atoms with Crippen LogP contribution in [0.4, 0.5) is 37.7 Å². The summed E-state index contributed by atoms with van der Waals surface area (Å²) in [7, 11) is 1.60. The number of aromatic nitrogens is 2. The first-order chi connectivity index (χ1) is 27.2. The van der Waals surface area contributed by atoms with Gasteiger partial charge in [-0.1, -0.05) is 24.4 Å². The molecule has 1 aliphatic heterocycles. The number of benzene rings is 3. The van der Waals surface area contributed by atoms with Gasteiger partial charge in [0.2, 0.25) is 0 Å². The zero-order valence-corrected chi connectivity index (χ0v) is 31.9. The number of halogens is 6. The maximum atomic E-state index is 13.0. The minimum absolute atomic E-state index is 0.0485. The topological polar surface area (TPSA) is 146 Å². The highest BCUT2D eigenvalue weighted by Gasteiger charge is 2.36. The summed E-state index contributed by atoms with van der Waals surface area (Å²) >= 11 is 0. The van der Waals surface area contributed by atoms with Crippen molar-refractivity contribution < 1.29 is 50.9 Å². The minimum atomic E-state index is -4.40. The van der Waals surface area contributed by atoms with Crippen molar-refractivity contribution in [3.05, 3.63) is 119 Å². The minimum Gasteiger partial charge on any atom is -0.481 e. The van der Waals surface area contributed by atoms with Gasteiger partial charge in [0, 0.05) is 41.7 Å². The van der Waals surface area contributed by atoms with Gasteiger partial charge >= 0.3 is 24.3 Å². The van der Waals surface area contributed by atoms with Gasteiger partial charge in [0.05, 0.1) is 35.0 Å². The standard InChI is InChI=1S/C28H31F3N4O3.C13H11F3N2O2/c1-18-24(17-35(34-18)23-13-9-21(10-14-23)28(29,30)31)26(19-5-3-2-4-6-19)33-22-11-7-20(8-12-22)27(38)32-16-15-25(36)37;1-8-11(12(19)20)7-18(2,17-8)10-5-3-9(4-6-10)13(14,15)16/h7-14,17,19,26,33H,2-6,15-16H2,1H3,(H,32,38)(H,36,37);3-7H,1-2H3/p+1. The molecule has 4 aromatic rings. The molecule has 0 saturated heterocycles. The molecule has 11 nitrogen and oxygen atoms in total. The molecule has 0 radical (unpaired) electrons. The molecule has 58 heavy (non-hydrogen) atoms. The number of alkyl halides is 6. The van der Waals surface area contributed by atoms with Crippen molar-refractivity contribution >= 4 is 34.9 Å². The Bertz CT molecular complexity index is 2160. The van der Waals surface area contributed by atoms with Gasteiger partial charge in [0.1, 0.15) is 24.5 Å². The maximum Gasteiger partial charge on any atom is 0.416 e. The molecule has 308 valence electrons. The molecule has 2 aliphatic rings. The molecular formula is C41H43F6N6O5+. The van der Waals surface area contributed by atoms with Gasteiger partial charge in [0.25, 0.3) is 5.91 Å². The Morgan fingerprint density at radius 1 is 0.845 bits per heavy atom. The number of amides is 1. The van der Waals surface area contributed by atoms with E-state index in [1.807, 2.05) is 25.3 Å². The van der Waals surface area contributed by atoms with E-state index >= 15 is 0 Å². The van der Waals surface area contributed by atoms with Crippen molar-refractivity contribution in [1.82, 2.24) is 19.7 Å². The third-order valence-corrected chi connectivity index (χ3v) is 10.0. The van der Waals surface area contributed by atoms with Crippen molar-refractivity contribution in [3.8, 4) is 5.69 Å². The Balaban J connectivity index is 0.000000269. The fraction of sp³-hybridized carbons (Fsp3) is 0.341. The molecule has 2 unspecified atom stereocenters. The third kappa shape index (κ3) is 10.7. The number of hydrogen-bond acceptors (Lipinski definition) is 6. The van der Waals surface area contributed by atoms with Crippen LogP contribution < -0.4 is 15.2 Å². The summed E-state index contributed by atoms with van der Waals surface area (Å²) in [5.74, 6) is -2.07. The molecule has 1 aromatic heterocycles. The first-order valence-corrected chi connectivity index (χ1v) is 18.4. The number of carboxylic acids is 2. The van der Waals surface area contributed by atoms with Gasteiger partial charge in [0.15, 0.2) is 5.69 Å². The molecule has 1 aliphatic carbocycles. The van der Waals surface area contributed by atoms with Gasteiger partial charge in [-0.3, -0.25) is 9.59 Å². The highest BCUT2D eigenvalue weighted by atomic mass is 19.4. The summed E-state index contributed by atoms with van der Waals surface area (Å²) in [6.45, 7) is 3.51. The van der Waals surface area contributed by atoms with E-state index in [4.69, 9.17) is 10.2 Å². The highest BCUT2D eigenvalue weighted by Crippen LogP contribution is 2.39. The average Bonchev–Trinajstić information content (AvgIpc) is 3.72. The van der Waals surface area contributed by atoms with Gasteiger partial charge in [-0.25, -0.2) is 9.48 Å². The van der Waals surface area contributed by atoms with Gasteiger partial charge in [-0.05, 0) is 93.3 Å². The average molecular weight is 814 g/mol. The molecule has 4 N–H and O–H groups in total. The number of nitrogens with one attached hydrogen (secondary N) is 2. The largest absolute Gasteiger partial charge is 0.481 e. The van der Waals surface area contributed by atoms with Crippen LogP contribution in [0.3, 0.4) is 0 Å². The molecule has 6 rings (SSSR count). The summed E-state index contributed by atoms with van der Waals surface area (Å²) < 4.78 is 77.9. The Labute approximate surface area is 330 Å². The zero-order valence-electron chi connectivity index (χ0n) is 31.9. The molecule has 1 amide bonds. The first kappa shape index (κ1) is 43.2. The van der Waals surface area contributed by atoms with E-state index < -0.39 is 35.4 Å². The molecule has 17 heteroatoms. The lowest BCUT2D eigenvalue weighted by molar-refractivity contribution is -0.138. The van der Waals surface area contributed by atoms with E-state index in [0.717, 1.165) is 66.9 Å². The van der Waals surface area contributed by atoms with E-state index in [2.05, 4.69) is 20.8 Å². The van der Waals surface area contributed by atoms with Crippen LogP contribution in [-0.2, 0) is 21.9 Å². The van der Waals surface area contributed by atoms with E-state index in [-0.39, 0.29) is 35.1 Å².